The monoisotopic (exact) mass is 275 g/mol. The van der Waals surface area contributed by atoms with Gasteiger partial charge >= 0.3 is 0 Å². The molecule has 0 amide bonds. The van der Waals surface area contributed by atoms with Crippen molar-refractivity contribution >= 4 is 11.6 Å². The molecule has 1 heterocycles. The number of aromatic nitrogens is 2. The van der Waals surface area contributed by atoms with E-state index in [1.54, 1.807) is 12.1 Å². The number of nitriles is 1. The zero-order valence-electron chi connectivity index (χ0n) is 10.1. The summed E-state index contributed by atoms with van der Waals surface area (Å²) < 4.78 is 10.7. The molecule has 0 saturated carbocycles. The predicted octanol–water partition coefficient (Wildman–Crippen LogP) is 3.00. The lowest BCUT2D eigenvalue weighted by Crippen LogP contribution is -1.95. The maximum Gasteiger partial charge on any atom is 0.267 e. The van der Waals surface area contributed by atoms with Crippen LogP contribution in [0.2, 0.25) is 5.15 Å². The van der Waals surface area contributed by atoms with Crippen LogP contribution in [0.3, 0.4) is 0 Å². The molecule has 0 saturated heterocycles. The molecule has 0 fully saturated rings. The third kappa shape index (κ3) is 3.12. The van der Waals surface area contributed by atoms with Gasteiger partial charge in [-0.3, -0.25) is 0 Å². The fourth-order valence-corrected chi connectivity index (χ4v) is 1.66. The summed E-state index contributed by atoms with van der Waals surface area (Å²) in [5.41, 5.74) is 0.919. The first-order valence-electron chi connectivity index (χ1n) is 5.43. The summed E-state index contributed by atoms with van der Waals surface area (Å²) in [5, 5.41) is 8.78. The Morgan fingerprint density at radius 1 is 1.26 bits per heavy atom. The average Bonchev–Trinajstić information content (AvgIpc) is 2.42. The van der Waals surface area contributed by atoms with Crippen molar-refractivity contribution in [3.8, 4) is 23.4 Å². The molecule has 0 spiro atoms. The number of ether oxygens (including phenoxy) is 2. The van der Waals surface area contributed by atoms with E-state index in [9.17, 15) is 0 Å². The van der Waals surface area contributed by atoms with Crippen molar-refractivity contribution in [3.63, 3.8) is 0 Å². The van der Waals surface area contributed by atoms with Gasteiger partial charge in [-0.2, -0.15) is 10.2 Å². The molecule has 0 radical (unpaired) electrons. The molecule has 0 unspecified atom stereocenters. The predicted molar refractivity (Wildman–Crippen MR) is 69.4 cm³/mol. The van der Waals surface area contributed by atoms with Gasteiger partial charge in [0.05, 0.1) is 19.6 Å². The Bertz CT molecular complexity index is 608. The summed E-state index contributed by atoms with van der Waals surface area (Å²) in [7, 11) is 1.47. The maximum atomic E-state index is 8.59. The summed E-state index contributed by atoms with van der Waals surface area (Å²) >= 11 is 5.87. The summed E-state index contributed by atoms with van der Waals surface area (Å²) in [6, 6.07) is 9.21. The number of methoxy groups -OCH3 is 1. The molecule has 0 aliphatic carbocycles. The topological polar surface area (TPSA) is 68.0 Å². The summed E-state index contributed by atoms with van der Waals surface area (Å²) in [5.74, 6) is 1.11. The van der Waals surface area contributed by atoms with Crippen LogP contribution in [0.15, 0.2) is 30.6 Å². The number of hydrogen-bond donors (Lipinski definition) is 0. The number of nitrogens with zero attached hydrogens (tertiary/aromatic N) is 3. The van der Waals surface area contributed by atoms with Crippen LogP contribution in [0.5, 0.6) is 17.4 Å². The first kappa shape index (κ1) is 13.1. The highest BCUT2D eigenvalue weighted by atomic mass is 35.5. The zero-order valence-corrected chi connectivity index (χ0v) is 10.9. The van der Waals surface area contributed by atoms with Crippen molar-refractivity contribution < 1.29 is 9.47 Å². The van der Waals surface area contributed by atoms with Gasteiger partial charge in [-0.25, -0.2) is 4.98 Å². The van der Waals surface area contributed by atoms with E-state index in [1.165, 1.54) is 13.4 Å². The maximum absolute atomic E-state index is 8.59. The molecule has 96 valence electrons. The van der Waals surface area contributed by atoms with Crippen LogP contribution < -0.4 is 9.47 Å². The van der Waals surface area contributed by atoms with Crippen LogP contribution in [0.1, 0.15) is 5.56 Å². The molecule has 5 nitrogen and oxygen atoms in total. The quantitative estimate of drug-likeness (QED) is 0.802. The van der Waals surface area contributed by atoms with Crippen LogP contribution in [0.25, 0.3) is 0 Å². The van der Waals surface area contributed by atoms with E-state index in [0.29, 0.717) is 12.2 Å². The first-order chi connectivity index (χ1) is 9.24. The third-order valence-corrected chi connectivity index (χ3v) is 2.62. The van der Waals surface area contributed by atoms with Crippen molar-refractivity contribution in [2.45, 2.75) is 6.42 Å². The SMILES string of the molecule is COc1c(Cl)ncnc1Oc1ccc(CC#N)cc1. The molecule has 6 heteroatoms. The van der Waals surface area contributed by atoms with E-state index in [1.807, 2.05) is 12.1 Å². The third-order valence-electron chi connectivity index (χ3n) is 2.35. The highest BCUT2D eigenvalue weighted by Crippen LogP contribution is 2.33. The Hall–Kier alpha value is -2.32. The minimum absolute atomic E-state index is 0.189. The second kappa shape index (κ2) is 6.03. The summed E-state index contributed by atoms with van der Waals surface area (Å²) in [6.45, 7) is 0. The zero-order chi connectivity index (χ0) is 13.7. The van der Waals surface area contributed by atoms with Gasteiger partial charge in [0, 0.05) is 0 Å². The minimum Gasteiger partial charge on any atom is -0.489 e. The Kier molecular flexibility index (Phi) is 4.16. The number of rotatable bonds is 4. The van der Waals surface area contributed by atoms with Gasteiger partial charge in [0.25, 0.3) is 5.88 Å². The van der Waals surface area contributed by atoms with E-state index in [-0.39, 0.29) is 16.8 Å². The van der Waals surface area contributed by atoms with Crippen LogP contribution in [0, 0.1) is 11.3 Å². The molecule has 0 aliphatic heterocycles. The number of benzene rings is 1. The Morgan fingerprint density at radius 2 is 2.00 bits per heavy atom. The van der Waals surface area contributed by atoms with Gasteiger partial charge in [0.1, 0.15) is 12.1 Å². The molecular formula is C13H10ClN3O2. The molecule has 0 N–H and O–H groups in total. The van der Waals surface area contributed by atoms with Crippen molar-refractivity contribution in [2.24, 2.45) is 0 Å². The Balaban J connectivity index is 2.22. The lowest BCUT2D eigenvalue weighted by molar-refractivity contribution is 0.367. The second-order valence-corrected chi connectivity index (χ2v) is 3.94. The molecule has 1 aromatic carbocycles. The molecule has 0 bridgehead atoms. The van der Waals surface area contributed by atoms with Crippen molar-refractivity contribution in [1.29, 1.82) is 5.26 Å². The fourth-order valence-electron chi connectivity index (χ4n) is 1.46. The van der Waals surface area contributed by atoms with Crippen molar-refractivity contribution in [1.82, 2.24) is 9.97 Å². The largest absolute Gasteiger partial charge is 0.489 e. The molecule has 1 aromatic heterocycles. The number of hydrogen-bond acceptors (Lipinski definition) is 5. The lowest BCUT2D eigenvalue weighted by Gasteiger charge is -2.09. The molecule has 0 aliphatic rings. The normalized spacial score (nSPS) is 9.74. The van der Waals surface area contributed by atoms with E-state index < -0.39 is 0 Å². The first-order valence-corrected chi connectivity index (χ1v) is 5.80. The molecule has 0 atom stereocenters. The Labute approximate surface area is 115 Å². The van der Waals surface area contributed by atoms with Crippen molar-refractivity contribution in [3.05, 3.63) is 41.3 Å². The minimum atomic E-state index is 0.189. The van der Waals surface area contributed by atoms with Crippen LogP contribution >= 0.6 is 11.6 Å². The molecule has 2 rings (SSSR count). The van der Waals surface area contributed by atoms with E-state index in [4.69, 9.17) is 26.3 Å². The Morgan fingerprint density at radius 3 is 2.63 bits per heavy atom. The summed E-state index contributed by atoms with van der Waals surface area (Å²) in [6.07, 6.45) is 1.66. The van der Waals surface area contributed by atoms with Crippen LogP contribution in [-0.2, 0) is 6.42 Å². The average molecular weight is 276 g/mol. The van der Waals surface area contributed by atoms with Gasteiger partial charge in [-0.1, -0.05) is 23.7 Å². The highest BCUT2D eigenvalue weighted by molar-refractivity contribution is 6.31. The van der Waals surface area contributed by atoms with E-state index in [0.717, 1.165) is 5.56 Å². The molecular weight excluding hydrogens is 266 g/mol. The lowest BCUT2D eigenvalue weighted by atomic mass is 10.2. The highest BCUT2D eigenvalue weighted by Gasteiger charge is 2.12. The summed E-state index contributed by atoms with van der Waals surface area (Å²) in [4.78, 5) is 7.77. The van der Waals surface area contributed by atoms with Gasteiger partial charge in [0.2, 0.25) is 5.75 Å². The van der Waals surface area contributed by atoms with Gasteiger partial charge in [-0.05, 0) is 17.7 Å². The van der Waals surface area contributed by atoms with Gasteiger partial charge in [-0.15, -0.1) is 0 Å². The number of halogens is 1. The van der Waals surface area contributed by atoms with Crippen molar-refractivity contribution in [2.75, 3.05) is 7.11 Å². The molecule has 2 aromatic rings. The van der Waals surface area contributed by atoms with E-state index in [2.05, 4.69) is 16.0 Å². The van der Waals surface area contributed by atoms with E-state index >= 15 is 0 Å². The fraction of sp³-hybridized carbons (Fsp3) is 0.154. The van der Waals surface area contributed by atoms with Gasteiger partial charge in [0.15, 0.2) is 5.15 Å². The van der Waals surface area contributed by atoms with Crippen LogP contribution in [0.4, 0.5) is 0 Å². The second-order valence-electron chi connectivity index (χ2n) is 3.58. The molecule has 19 heavy (non-hydrogen) atoms. The smallest absolute Gasteiger partial charge is 0.267 e. The standard InChI is InChI=1S/C13H10ClN3O2/c1-18-11-12(14)16-8-17-13(11)19-10-4-2-9(3-5-10)6-7-15/h2-5,8H,6H2,1H3. The van der Waals surface area contributed by atoms with Gasteiger partial charge < -0.3 is 9.47 Å². The van der Waals surface area contributed by atoms with Crippen LogP contribution in [-0.4, -0.2) is 17.1 Å².